The minimum atomic E-state index is -0.694. The fourth-order valence-corrected chi connectivity index (χ4v) is 5.58. The number of hydrogen-bond acceptors (Lipinski definition) is 2. The van der Waals surface area contributed by atoms with Crippen molar-refractivity contribution in [1.82, 2.24) is 4.90 Å². The Morgan fingerprint density at radius 2 is 1.52 bits per heavy atom. The molecule has 2 heterocycles. The third-order valence-electron chi connectivity index (χ3n) is 7.03. The molecular formula is C28H29NO2. The smallest absolute Gasteiger partial charge is 0.229 e. The molecule has 3 aromatic rings. The molecule has 4 atom stereocenters. The van der Waals surface area contributed by atoms with Crippen LogP contribution < -0.4 is 0 Å². The third-order valence-corrected chi connectivity index (χ3v) is 7.03. The monoisotopic (exact) mass is 411 g/mol. The first-order valence-corrected chi connectivity index (χ1v) is 11.4. The van der Waals surface area contributed by atoms with Crippen molar-refractivity contribution in [1.29, 1.82) is 0 Å². The van der Waals surface area contributed by atoms with Crippen LogP contribution >= 0.6 is 0 Å². The van der Waals surface area contributed by atoms with Crippen LogP contribution in [0.2, 0.25) is 0 Å². The molecule has 3 heteroatoms. The lowest BCUT2D eigenvalue weighted by Crippen LogP contribution is -2.58. The van der Waals surface area contributed by atoms with E-state index in [1.807, 2.05) is 30.3 Å². The number of nitrogens with zero attached hydrogens (tertiary/aromatic N) is 1. The molecule has 0 unspecified atom stereocenters. The number of rotatable bonds is 5. The highest BCUT2D eigenvalue weighted by Gasteiger charge is 2.60. The van der Waals surface area contributed by atoms with Gasteiger partial charge in [-0.3, -0.25) is 4.79 Å². The molecule has 5 rings (SSSR count). The number of fused-ring (bicyclic) bond motifs is 1. The highest BCUT2D eigenvalue weighted by molar-refractivity contribution is 5.82. The van der Waals surface area contributed by atoms with Gasteiger partial charge < -0.3 is 9.64 Å². The summed E-state index contributed by atoms with van der Waals surface area (Å²) >= 11 is 0. The van der Waals surface area contributed by atoms with Crippen LogP contribution in [0.3, 0.4) is 0 Å². The van der Waals surface area contributed by atoms with Gasteiger partial charge in [0, 0.05) is 17.4 Å². The Morgan fingerprint density at radius 1 is 0.903 bits per heavy atom. The summed E-state index contributed by atoms with van der Waals surface area (Å²) in [6.45, 7) is 2.75. The lowest BCUT2D eigenvalue weighted by atomic mass is 9.73. The largest absolute Gasteiger partial charge is 0.348 e. The average molecular weight is 412 g/mol. The topological polar surface area (TPSA) is 29.5 Å². The molecule has 2 fully saturated rings. The van der Waals surface area contributed by atoms with Gasteiger partial charge in [0.05, 0.1) is 12.6 Å². The van der Waals surface area contributed by atoms with Gasteiger partial charge in [-0.15, -0.1) is 0 Å². The Kier molecular flexibility index (Phi) is 5.37. The first kappa shape index (κ1) is 20.0. The van der Waals surface area contributed by atoms with Crippen LogP contribution in [0.4, 0.5) is 0 Å². The molecule has 3 nitrogen and oxygen atoms in total. The maximum atomic E-state index is 14.1. The molecule has 2 aliphatic heterocycles. The first-order valence-electron chi connectivity index (χ1n) is 11.4. The first-order chi connectivity index (χ1) is 15.2. The van der Waals surface area contributed by atoms with Crippen molar-refractivity contribution in [2.75, 3.05) is 6.61 Å². The summed E-state index contributed by atoms with van der Waals surface area (Å²) in [5.41, 5.74) is 2.76. The number of piperidine rings is 1. The molecule has 1 amide bonds. The van der Waals surface area contributed by atoms with Crippen molar-refractivity contribution in [3.8, 4) is 0 Å². The van der Waals surface area contributed by atoms with Gasteiger partial charge in [0.2, 0.25) is 5.91 Å². The fraction of sp³-hybridized carbons (Fsp3) is 0.321. The number of benzene rings is 3. The molecular weight excluding hydrogens is 382 g/mol. The van der Waals surface area contributed by atoms with Crippen LogP contribution in [0.1, 0.15) is 42.5 Å². The van der Waals surface area contributed by atoms with E-state index in [-0.39, 0.29) is 23.8 Å². The summed E-state index contributed by atoms with van der Waals surface area (Å²) in [7, 11) is 0. The highest BCUT2D eigenvalue weighted by Crippen LogP contribution is 2.54. The fourth-order valence-electron chi connectivity index (χ4n) is 5.58. The Morgan fingerprint density at radius 3 is 2.16 bits per heavy atom. The number of ether oxygens (including phenoxy) is 1. The van der Waals surface area contributed by atoms with Gasteiger partial charge in [0.25, 0.3) is 0 Å². The van der Waals surface area contributed by atoms with Crippen LogP contribution in [-0.4, -0.2) is 17.4 Å². The zero-order valence-corrected chi connectivity index (χ0v) is 18.0. The van der Waals surface area contributed by atoms with Crippen molar-refractivity contribution in [3.63, 3.8) is 0 Å². The molecule has 0 aromatic heterocycles. The molecule has 3 aromatic carbocycles. The Hall–Kier alpha value is -2.91. The van der Waals surface area contributed by atoms with E-state index in [9.17, 15) is 4.79 Å². The number of hydrogen-bond donors (Lipinski definition) is 0. The third kappa shape index (κ3) is 3.37. The molecule has 0 bridgehead atoms. The van der Waals surface area contributed by atoms with Gasteiger partial charge in [0.15, 0.2) is 5.72 Å². The number of carbonyl (C=O) groups is 1. The number of amides is 1. The second-order valence-electron chi connectivity index (χ2n) is 8.74. The van der Waals surface area contributed by atoms with E-state index >= 15 is 0 Å². The summed E-state index contributed by atoms with van der Waals surface area (Å²) < 4.78 is 6.68. The molecule has 158 valence electrons. The minimum Gasteiger partial charge on any atom is -0.348 e. The lowest BCUT2D eigenvalue weighted by Gasteiger charge is -2.50. The lowest BCUT2D eigenvalue weighted by molar-refractivity contribution is -0.189. The molecule has 0 saturated carbocycles. The van der Waals surface area contributed by atoms with Gasteiger partial charge in [-0.1, -0.05) is 97.9 Å². The van der Waals surface area contributed by atoms with Crippen LogP contribution in [0, 0.1) is 11.8 Å². The van der Waals surface area contributed by atoms with Crippen molar-refractivity contribution >= 4 is 5.91 Å². The van der Waals surface area contributed by atoms with Crippen LogP contribution in [0.15, 0.2) is 91.0 Å². The van der Waals surface area contributed by atoms with E-state index in [1.165, 1.54) is 5.56 Å². The van der Waals surface area contributed by atoms with Crippen LogP contribution in [0.25, 0.3) is 0 Å². The van der Waals surface area contributed by atoms with E-state index in [2.05, 4.69) is 72.5 Å². The van der Waals surface area contributed by atoms with Crippen LogP contribution in [-0.2, 0) is 21.7 Å². The van der Waals surface area contributed by atoms with Crippen molar-refractivity contribution in [2.24, 2.45) is 11.8 Å². The summed E-state index contributed by atoms with van der Waals surface area (Å²) in [6, 6.07) is 31.0. The van der Waals surface area contributed by atoms with Gasteiger partial charge in [-0.05, 0) is 30.4 Å². The van der Waals surface area contributed by atoms with Crippen molar-refractivity contribution in [2.45, 2.75) is 38.0 Å². The average Bonchev–Trinajstić information content (AvgIpc) is 3.25. The van der Waals surface area contributed by atoms with E-state index in [1.54, 1.807) is 0 Å². The molecule has 0 spiro atoms. The molecule has 0 N–H and O–H groups in total. The minimum absolute atomic E-state index is 0.0305. The van der Waals surface area contributed by atoms with Crippen molar-refractivity contribution < 1.29 is 9.53 Å². The normalized spacial score (nSPS) is 27.8. The standard InChI is InChI=1S/C28H29NO2/c1-2-24-19-23(18-21-12-6-3-7-13-21)27(30)29-26(22-14-8-4-9-15-22)20-31-28(24,29)25-16-10-5-11-17-25/h3-17,23-24,26H,2,18-20H2,1H3/t23-,24-,26+,28-/m1/s1. The zero-order valence-electron chi connectivity index (χ0n) is 18.0. The second kappa shape index (κ2) is 8.32. The Labute approximate surface area is 184 Å². The van der Waals surface area contributed by atoms with Crippen LogP contribution in [0.5, 0.6) is 0 Å². The molecule has 0 aliphatic carbocycles. The summed E-state index contributed by atoms with van der Waals surface area (Å²) in [5, 5.41) is 0. The number of carbonyl (C=O) groups excluding carboxylic acids is 1. The van der Waals surface area contributed by atoms with Gasteiger partial charge in [-0.2, -0.15) is 0 Å². The predicted molar refractivity (Wildman–Crippen MR) is 122 cm³/mol. The summed E-state index contributed by atoms with van der Waals surface area (Å²) in [5.74, 6) is 0.427. The Balaban J connectivity index is 1.60. The highest BCUT2D eigenvalue weighted by atomic mass is 16.5. The van der Waals surface area contributed by atoms with E-state index in [0.29, 0.717) is 6.61 Å². The maximum absolute atomic E-state index is 14.1. The predicted octanol–water partition coefficient (Wildman–Crippen LogP) is 5.73. The van der Waals surface area contributed by atoms with Crippen molar-refractivity contribution in [3.05, 3.63) is 108 Å². The van der Waals surface area contributed by atoms with Gasteiger partial charge in [0.1, 0.15) is 0 Å². The zero-order chi connectivity index (χ0) is 21.3. The quantitative estimate of drug-likeness (QED) is 0.537. The molecule has 2 saturated heterocycles. The van der Waals surface area contributed by atoms with E-state index in [4.69, 9.17) is 4.74 Å². The van der Waals surface area contributed by atoms with Gasteiger partial charge >= 0.3 is 0 Å². The van der Waals surface area contributed by atoms with Gasteiger partial charge in [-0.25, -0.2) is 0 Å². The molecule has 0 radical (unpaired) electrons. The second-order valence-corrected chi connectivity index (χ2v) is 8.74. The molecule has 31 heavy (non-hydrogen) atoms. The maximum Gasteiger partial charge on any atom is 0.229 e. The summed E-state index contributed by atoms with van der Waals surface area (Å²) in [4.78, 5) is 16.2. The molecule has 2 aliphatic rings. The SMILES string of the molecule is CC[C@@H]1C[C@@H](Cc2ccccc2)C(=O)N2[C@H](c3ccccc3)CO[C@@]12c1ccccc1. The summed E-state index contributed by atoms with van der Waals surface area (Å²) in [6.07, 6.45) is 2.58. The Bertz CT molecular complexity index is 1020. The van der Waals surface area contributed by atoms with E-state index < -0.39 is 5.72 Å². The van der Waals surface area contributed by atoms with E-state index in [0.717, 1.165) is 30.4 Å².